The Balaban J connectivity index is 2.42. The number of hydrogen-bond donors (Lipinski definition) is 2. The Morgan fingerprint density at radius 1 is 1.29 bits per heavy atom. The highest BCUT2D eigenvalue weighted by atomic mass is 16.5. The zero-order valence-electron chi connectivity index (χ0n) is 10.6. The third kappa shape index (κ3) is 5.24. The van der Waals surface area contributed by atoms with Crippen LogP contribution >= 0.6 is 0 Å². The highest BCUT2D eigenvalue weighted by molar-refractivity contribution is 5.80. The third-order valence-electron chi connectivity index (χ3n) is 2.05. The molecular weight excluding hydrogens is 216 g/mol. The summed E-state index contributed by atoms with van der Waals surface area (Å²) in [7, 11) is 0. The minimum absolute atomic E-state index is 0.00462. The van der Waals surface area contributed by atoms with Gasteiger partial charge >= 0.3 is 0 Å². The van der Waals surface area contributed by atoms with Gasteiger partial charge in [-0.25, -0.2) is 0 Å². The molecule has 0 aromatic heterocycles. The van der Waals surface area contributed by atoms with Gasteiger partial charge in [-0.15, -0.1) is 0 Å². The first-order chi connectivity index (χ1) is 8.11. The molecule has 0 aliphatic rings. The van der Waals surface area contributed by atoms with Gasteiger partial charge in [0.1, 0.15) is 5.75 Å². The van der Waals surface area contributed by atoms with Crippen molar-refractivity contribution in [2.24, 2.45) is 0 Å². The SMILES string of the molecule is CCNC(=O)CNc1ccc(OC(C)C)cc1. The van der Waals surface area contributed by atoms with Gasteiger partial charge in [0.15, 0.2) is 0 Å². The minimum atomic E-state index is -0.00462. The summed E-state index contributed by atoms with van der Waals surface area (Å²) in [6, 6.07) is 7.58. The number of carbonyl (C=O) groups is 1. The maximum atomic E-state index is 11.2. The molecule has 0 saturated heterocycles. The van der Waals surface area contributed by atoms with Crippen molar-refractivity contribution in [2.45, 2.75) is 26.9 Å². The third-order valence-corrected chi connectivity index (χ3v) is 2.05. The molecule has 0 aliphatic heterocycles. The predicted octanol–water partition coefficient (Wildman–Crippen LogP) is 2.02. The molecule has 4 heteroatoms. The number of nitrogens with one attached hydrogen (secondary N) is 2. The molecule has 0 saturated carbocycles. The van der Waals surface area contributed by atoms with Crippen molar-refractivity contribution in [1.29, 1.82) is 0 Å². The van der Waals surface area contributed by atoms with Crippen LogP contribution in [0.15, 0.2) is 24.3 Å². The summed E-state index contributed by atoms with van der Waals surface area (Å²) in [5.41, 5.74) is 0.910. The number of hydrogen-bond acceptors (Lipinski definition) is 3. The fourth-order valence-electron chi connectivity index (χ4n) is 1.37. The molecule has 1 aromatic rings. The van der Waals surface area contributed by atoms with Crippen LogP contribution in [0.2, 0.25) is 0 Å². The number of anilines is 1. The first-order valence-corrected chi connectivity index (χ1v) is 5.89. The maximum absolute atomic E-state index is 11.2. The minimum Gasteiger partial charge on any atom is -0.491 e. The Morgan fingerprint density at radius 2 is 1.94 bits per heavy atom. The molecule has 94 valence electrons. The van der Waals surface area contributed by atoms with Crippen LogP contribution < -0.4 is 15.4 Å². The van der Waals surface area contributed by atoms with Crippen LogP contribution in [-0.4, -0.2) is 25.1 Å². The second kappa shape index (κ2) is 6.78. The Kier molecular flexibility index (Phi) is 5.33. The van der Waals surface area contributed by atoms with Crippen LogP contribution in [0.4, 0.5) is 5.69 Å². The lowest BCUT2D eigenvalue weighted by Gasteiger charge is -2.11. The van der Waals surface area contributed by atoms with Crippen molar-refractivity contribution in [3.63, 3.8) is 0 Å². The Labute approximate surface area is 102 Å². The lowest BCUT2D eigenvalue weighted by molar-refractivity contribution is -0.119. The fourth-order valence-corrected chi connectivity index (χ4v) is 1.37. The summed E-state index contributed by atoms with van der Waals surface area (Å²) >= 11 is 0. The molecule has 17 heavy (non-hydrogen) atoms. The summed E-state index contributed by atoms with van der Waals surface area (Å²) in [6.07, 6.45) is 0.171. The van der Waals surface area contributed by atoms with Gasteiger partial charge in [-0.3, -0.25) is 4.79 Å². The molecule has 4 nitrogen and oxygen atoms in total. The van der Waals surface area contributed by atoms with E-state index in [1.807, 2.05) is 45.0 Å². The van der Waals surface area contributed by atoms with E-state index in [1.165, 1.54) is 0 Å². The van der Waals surface area contributed by atoms with Crippen LogP contribution in [0.5, 0.6) is 5.75 Å². The largest absolute Gasteiger partial charge is 0.491 e. The van der Waals surface area contributed by atoms with E-state index in [4.69, 9.17) is 4.74 Å². The van der Waals surface area contributed by atoms with E-state index >= 15 is 0 Å². The van der Waals surface area contributed by atoms with Gasteiger partial charge in [-0.1, -0.05) is 0 Å². The summed E-state index contributed by atoms with van der Waals surface area (Å²) in [5, 5.41) is 5.77. The van der Waals surface area contributed by atoms with Crippen LogP contribution in [0.1, 0.15) is 20.8 Å². The van der Waals surface area contributed by atoms with Crippen LogP contribution in [-0.2, 0) is 4.79 Å². The zero-order chi connectivity index (χ0) is 12.7. The van der Waals surface area contributed by atoms with Crippen LogP contribution in [0, 0.1) is 0 Å². The maximum Gasteiger partial charge on any atom is 0.239 e. The number of rotatable bonds is 6. The van der Waals surface area contributed by atoms with Crippen molar-refractivity contribution < 1.29 is 9.53 Å². The Bertz CT molecular complexity index is 347. The van der Waals surface area contributed by atoms with Crippen molar-refractivity contribution in [1.82, 2.24) is 5.32 Å². The molecule has 0 bridgehead atoms. The average molecular weight is 236 g/mol. The number of likely N-dealkylation sites (N-methyl/N-ethyl adjacent to an activating group) is 1. The van der Waals surface area contributed by atoms with E-state index in [0.717, 1.165) is 11.4 Å². The molecule has 1 amide bonds. The number of carbonyl (C=O) groups excluding carboxylic acids is 1. The monoisotopic (exact) mass is 236 g/mol. The normalized spacial score (nSPS) is 10.1. The van der Waals surface area contributed by atoms with Crippen LogP contribution in [0.3, 0.4) is 0 Å². The molecule has 0 atom stereocenters. The van der Waals surface area contributed by atoms with E-state index in [1.54, 1.807) is 0 Å². The Hall–Kier alpha value is -1.71. The number of benzene rings is 1. The topological polar surface area (TPSA) is 50.4 Å². The molecule has 0 spiro atoms. The van der Waals surface area contributed by atoms with E-state index in [2.05, 4.69) is 10.6 Å². The average Bonchev–Trinajstić information content (AvgIpc) is 2.28. The smallest absolute Gasteiger partial charge is 0.239 e. The Morgan fingerprint density at radius 3 is 2.47 bits per heavy atom. The van der Waals surface area contributed by atoms with E-state index in [-0.39, 0.29) is 18.6 Å². The van der Waals surface area contributed by atoms with Gasteiger partial charge in [0.25, 0.3) is 0 Å². The number of amides is 1. The summed E-state index contributed by atoms with van der Waals surface area (Å²) in [5.74, 6) is 0.832. The molecule has 0 fully saturated rings. The van der Waals surface area contributed by atoms with Crippen molar-refractivity contribution >= 4 is 11.6 Å². The van der Waals surface area contributed by atoms with E-state index in [9.17, 15) is 4.79 Å². The van der Waals surface area contributed by atoms with Crippen LogP contribution in [0.25, 0.3) is 0 Å². The quantitative estimate of drug-likeness (QED) is 0.794. The lowest BCUT2D eigenvalue weighted by Crippen LogP contribution is -2.29. The standard InChI is InChI=1S/C13H20N2O2/c1-4-14-13(16)9-15-11-5-7-12(8-6-11)17-10(2)3/h5-8,10,15H,4,9H2,1-3H3,(H,14,16). The first-order valence-electron chi connectivity index (χ1n) is 5.89. The van der Waals surface area contributed by atoms with Crippen molar-refractivity contribution in [2.75, 3.05) is 18.4 Å². The molecular formula is C13H20N2O2. The molecule has 0 unspecified atom stereocenters. The van der Waals surface area contributed by atoms with Gasteiger partial charge in [0, 0.05) is 12.2 Å². The van der Waals surface area contributed by atoms with Crippen molar-refractivity contribution in [3.8, 4) is 5.75 Å². The summed E-state index contributed by atoms with van der Waals surface area (Å²) in [4.78, 5) is 11.2. The second-order valence-corrected chi connectivity index (χ2v) is 4.00. The molecule has 0 aliphatic carbocycles. The number of ether oxygens (including phenoxy) is 1. The lowest BCUT2D eigenvalue weighted by atomic mass is 10.3. The molecule has 0 radical (unpaired) electrons. The van der Waals surface area contributed by atoms with E-state index < -0.39 is 0 Å². The highest BCUT2D eigenvalue weighted by Gasteiger charge is 2.00. The second-order valence-electron chi connectivity index (χ2n) is 4.00. The van der Waals surface area contributed by atoms with Gasteiger partial charge in [-0.2, -0.15) is 0 Å². The van der Waals surface area contributed by atoms with Crippen molar-refractivity contribution in [3.05, 3.63) is 24.3 Å². The molecule has 2 N–H and O–H groups in total. The fraction of sp³-hybridized carbons (Fsp3) is 0.462. The molecule has 0 heterocycles. The van der Waals surface area contributed by atoms with E-state index in [0.29, 0.717) is 6.54 Å². The molecule has 1 aromatic carbocycles. The van der Waals surface area contributed by atoms with Gasteiger partial charge in [0.2, 0.25) is 5.91 Å². The van der Waals surface area contributed by atoms with Gasteiger partial charge in [-0.05, 0) is 45.0 Å². The van der Waals surface area contributed by atoms with Gasteiger partial charge < -0.3 is 15.4 Å². The zero-order valence-corrected chi connectivity index (χ0v) is 10.6. The molecule has 1 rings (SSSR count). The van der Waals surface area contributed by atoms with Gasteiger partial charge in [0.05, 0.1) is 12.6 Å². The first kappa shape index (κ1) is 13.4. The highest BCUT2D eigenvalue weighted by Crippen LogP contribution is 2.16. The summed E-state index contributed by atoms with van der Waals surface area (Å²) < 4.78 is 5.53. The summed E-state index contributed by atoms with van der Waals surface area (Å²) in [6.45, 7) is 6.82. The predicted molar refractivity (Wildman–Crippen MR) is 69.4 cm³/mol.